The lowest BCUT2D eigenvalue weighted by atomic mass is 10.1. The van der Waals surface area contributed by atoms with Crippen LogP contribution in [0.15, 0.2) is 6.20 Å². The molecule has 4 nitrogen and oxygen atoms in total. The number of carbonyl (C=O) groups is 1. The zero-order valence-electron chi connectivity index (χ0n) is 7.87. The Morgan fingerprint density at radius 2 is 2.31 bits per heavy atom. The van der Waals surface area contributed by atoms with E-state index in [2.05, 4.69) is 24.3 Å². The maximum Gasteiger partial charge on any atom is 0.224 e. The third-order valence-electron chi connectivity index (χ3n) is 2.25. The third-order valence-corrected chi connectivity index (χ3v) is 2.25. The molecule has 1 N–H and O–H groups in total. The summed E-state index contributed by atoms with van der Waals surface area (Å²) < 4.78 is 1.97. The number of hydrogen-bond donors (Lipinski definition) is 1. The smallest absolute Gasteiger partial charge is 0.224 e. The van der Waals surface area contributed by atoms with Gasteiger partial charge in [0.1, 0.15) is 0 Å². The molecule has 1 aromatic heterocycles. The molecule has 1 aromatic rings. The lowest BCUT2D eigenvalue weighted by molar-refractivity contribution is -0.116. The molecule has 0 aromatic carbocycles. The molecule has 0 aliphatic carbocycles. The summed E-state index contributed by atoms with van der Waals surface area (Å²) in [5, 5.41) is 7.05. The number of nitrogens with one attached hydrogen (secondary N) is 1. The Hall–Kier alpha value is -1.32. The molecule has 0 spiro atoms. The molecule has 70 valence electrons. The first-order valence-electron chi connectivity index (χ1n) is 4.54. The zero-order chi connectivity index (χ0) is 9.42. The Labute approximate surface area is 76.9 Å². The van der Waals surface area contributed by atoms with Crippen molar-refractivity contribution in [2.75, 3.05) is 5.32 Å². The van der Waals surface area contributed by atoms with Crippen molar-refractivity contribution in [1.82, 2.24) is 9.78 Å². The number of aromatic nitrogens is 2. The van der Waals surface area contributed by atoms with Crippen LogP contribution in [0.5, 0.6) is 0 Å². The molecular formula is C9H13N3O. The van der Waals surface area contributed by atoms with E-state index in [1.54, 1.807) is 6.20 Å². The van der Waals surface area contributed by atoms with Crippen LogP contribution in [-0.2, 0) is 11.2 Å². The van der Waals surface area contributed by atoms with Gasteiger partial charge in [-0.15, -0.1) is 0 Å². The van der Waals surface area contributed by atoms with Crippen LogP contribution in [0.1, 0.15) is 32.0 Å². The van der Waals surface area contributed by atoms with Gasteiger partial charge in [-0.25, -0.2) is 0 Å². The number of amides is 1. The highest BCUT2D eigenvalue weighted by Gasteiger charge is 2.20. The van der Waals surface area contributed by atoms with Gasteiger partial charge >= 0.3 is 0 Å². The normalized spacial score (nSPS) is 15.8. The summed E-state index contributed by atoms with van der Waals surface area (Å²) in [5.74, 6) is 0.0933. The molecule has 1 aliphatic rings. The molecule has 0 saturated heterocycles. The summed E-state index contributed by atoms with van der Waals surface area (Å²) in [6.07, 6.45) is 3.11. The van der Waals surface area contributed by atoms with Crippen LogP contribution < -0.4 is 5.32 Å². The minimum Gasteiger partial charge on any atom is -0.323 e. The molecule has 4 heteroatoms. The Morgan fingerprint density at radius 3 is 3.00 bits per heavy atom. The van der Waals surface area contributed by atoms with Crippen LogP contribution in [0.4, 0.5) is 5.69 Å². The van der Waals surface area contributed by atoms with Gasteiger partial charge in [-0.3, -0.25) is 9.48 Å². The quantitative estimate of drug-likeness (QED) is 0.707. The van der Waals surface area contributed by atoms with Gasteiger partial charge < -0.3 is 5.32 Å². The average Bonchev–Trinajstić information content (AvgIpc) is 2.46. The number of fused-ring (bicyclic) bond motifs is 1. The Balaban J connectivity index is 2.38. The van der Waals surface area contributed by atoms with Crippen LogP contribution in [0, 0.1) is 0 Å². The molecule has 0 radical (unpaired) electrons. The van der Waals surface area contributed by atoms with Crippen molar-refractivity contribution in [2.45, 2.75) is 32.7 Å². The molecule has 0 saturated carbocycles. The van der Waals surface area contributed by atoms with Crippen molar-refractivity contribution in [2.24, 2.45) is 0 Å². The van der Waals surface area contributed by atoms with E-state index < -0.39 is 0 Å². The molecule has 13 heavy (non-hydrogen) atoms. The second kappa shape index (κ2) is 2.87. The first-order valence-corrected chi connectivity index (χ1v) is 4.54. The Kier molecular flexibility index (Phi) is 1.83. The summed E-state index contributed by atoms with van der Waals surface area (Å²) in [5.41, 5.74) is 2.03. The van der Waals surface area contributed by atoms with Crippen molar-refractivity contribution < 1.29 is 4.79 Å². The minimum atomic E-state index is 0.0933. The van der Waals surface area contributed by atoms with E-state index in [1.165, 1.54) is 0 Å². The van der Waals surface area contributed by atoms with E-state index in [9.17, 15) is 4.79 Å². The van der Waals surface area contributed by atoms with Gasteiger partial charge in [0.15, 0.2) is 0 Å². The molecule has 1 aliphatic heterocycles. The fraction of sp³-hybridized carbons (Fsp3) is 0.556. The number of nitrogens with zero attached hydrogens (tertiary/aromatic N) is 2. The number of anilines is 1. The SMILES string of the molecule is CC(C)n1ncc2c1CCC(=O)N2. The van der Waals surface area contributed by atoms with Crippen LogP contribution in [0.25, 0.3) is 0 Å². The van der Waals surface area contributed by atoms with Crippen LogP contribution in [0.3, 0.4) is 0 Å². The first kappa shape index (κ1) is 8.29. The molecule has 2 rings (SSSR count). The highest BCUT2D eigenvalue weighted by atomic mass is 16.1. The minimum absolute atomic E-state index is 0.0933. The molecule has 0 bridgehead atoms. The van der Waals surface area contributed by atoms with Crippen LogP contribution in [-0.4, -0.2) is 15.7 Å². The summed E-state index contributed by atoms with van der Waals surface area (Å²) in [7, 11) is 0. The second-order valence-electron chi connectivity index (χ2n) is 3.59. The maximum atomic E-state index is 11.1. The topological polar surface area (TPSA) is 46.9 Å². The van der Waals surface area contributed by atoms with Gasteiger partial charge in [-0.2, -0.15) is 5.10 Å². The average molecular weight is 179 g/mol. The van der Waals surface area contributed by atoms with E-state index in [0.29, 0.717) is 12.5 Å². The van der Waals surface area contributed by atoms with E-state index in [0.717, 1.165) is 17.8 Å². The van der Waals surface area contributed by atoms with Gasteiger partial charge in [-0.1, -0.05) is 0 Å². The fourth-order valence-electron chi connectivity index (χ4n) is 1.63. The number of hydrogen-bond acceptors (Lipinski definition) is 2. The van der Waals surface area contributed by atoms with Crippen molar-refractivity contribution in [3.63, 3.8) is 0 Å². The van der Waals surface area contributed by atoms with Gasteiger partial charge in [0.05, 0.1) is 17.6 Å². The van der Waals surface area contributed by atoms with Gasteiger partial charge in [0, 0.05) is 18.9 Å². The van der Waals surface area contributed by atoms with E-state index in [-0.39, 0.29) is 5.91 Å². The summed E-state index contributed by atoms with van der Waals surface area (Å²) in [4.78, 5) is 11.1. The molecule has 1 amide bonds. The Bertz CT molecular complexity index is 341. The molecule has 0 atom stereocenters. The monoisotopic (exact) mass is 179 g/mol. The highest BCUT2D eigenvalue weighted by molar-refractivity contribution is 5.93. The van der Waals surface area contributed by atoms with Gasteiger partial charge in [0.2, 0.25) is 5.91 Å². The predicted molar refractivity (Wildman–Crippen MR) is 49.6 cm³/mol. The number of carbonyl (C=O) groups excluding carboxylic acids is 1. The fourth-order valence-corrected chi connectivity index (χ4v) is 1.63. The Morgan fingerprint density at radius 1 is 1.54 bits per heavy atom. The van der Waals surface area contributed by atoms with Crippen molar-refractivity contribution in [3.05, 3.63) is 11.9 Å². The van der Waals surface area contributed by atoms with Crippen molar-refractivity contribution in [3.8, 4) is 0 Å². The maximum absolute atomic E-state index is 11.1. The van der Waals surface area contributed by atoms with E-state index in [1.807, 2.05) is 4.68 Å². The lowest BCUT2D eigenvalue weighted by Crippen LogP contribution is -2.20. The number of rotatable bonds is 1. The summed E-state index contributed by atoms with van der Waals surface area (Å²) in [6, 6.07) is 0.360. The van der Waals surface area contributed by atoms with E-state index >= 15 is 0 Å². The predicted octanol–water partition coefficient (Wildman–Crippen LogP) is 1.35. The van der Waals surface area contributed by atoms with Crippen LogP contribution >= 0.6 is 0 Å². The summed E-state index contributed by atoms with van der Waals surface area (Å²) in [6.45, 7) is 4.17. The van der Waals surface area contributed by atoms with Gasteiger partial charge in [-0.05, 0) is 13.8 Å². The first-order chi connectivity index (χ1) is 6.18. The highest BCUT2D eigenvalue weighted by Crippen LogP contribution is 2.23. The zero-order valence-corrected chi connectivity index (χ0v) is 7.87. The molecule has 2 heterocycles. The molecule has 0 fully saturated rings. The largest absolute Gasteiger partial charge is 0.323 e. The lowest BCUT2D eigenvalue weighted by Gasteiger charge is -2.16. The standard InChI is InChI=1S/C9H13N3O/c1-6(2)12-8-3-4-9(13)11-7(8)5-10-12/h5-6H,3-4H2,1-2H3,(H,11,13). The van der Waals surface area contributed by atoms with Crippen molar-refractivity contribution >= 4 is 11.6 Å². The van der Waals surface area contributed by atoms with Gasteiger partial charge in [0.25, 0.3) is 0 Å². The summed E-state index contributed by atoms with van der Waals surface area (Å²) >= 11 is 0. The van der Waals surface area contributed by atoms with Crippen LogP contribution in [0.2, 0.25) is 0 Å². The molecular weight excluding hydrogens is 166 g/mol. The third kappa shape index (κ3) is 1.32. The molecule has 0 unspecified atom stereocenters. The second-order valence-corrected chi connectivity index (χ2v) is 3.59. The van der Waals surface area contributed by atoms with Crippen molar-refractivity contribution in [1.29, 1.82) is 0 Å². The van der Waals surface area contributed by atoms with E-state index in [4.69, 9.17) is 0 Å².